The third-order valence-corrected chi connectivity index (χ3v) is 3.51. The number of carbonyl (C=O) groups is 1. The molecule has 0 atom stereocenters. The molecule has 2 heterocycles. The van der Waals surface area contributed by atoms with E-state index in [9.17, 15) is 9.59 Å². The molecular weight excluding hydrogens is 350 g/mol. The molecule has 20 heavy (non-hydrogen) atoms. The lowest BCUT2D eigenvalue weighted by Crippen LogP contribution is -2.11. The Balaban J connectivity index is 1.95. The van der Waals surface area contributed by atoms with Gasteiger partial charge < -0.3 is 19.7 Å². The summed E-state index contributed by atoms with van der Waals surface area (Å²) in [6.07, 6.45) is 0. The average Bonchev–Trinajstić information content (AvgIpc) is 2.95. The molecule has 2 aromatic heterocycles. The molecule has 1 aromatic carbocycles. The molecule has 0 aliphatic carbocycles. The monoisotopic (exact) mass is 355 g/mol. The van der Waals surface area contributed by atoms with E-state index in [0.29, 0.717) is 21.2 Å². The lowest BCUT2D eigenvalue weighted by atomic mass is 10.2. The van der Waals surface area contributed by atoms with Crippen molar-refractivity contribution in [2.24, 2.45) is 0 Å². The largest absolute Gasteiger partial charge is 0.440 e. The number of H-pyrrole nitrogens is 2. The number of hydrogen-bond donors (Lipinski definition) is 3. The lowest BCUT2D eigenvalue weighted by molar-refractivity contribution is 0.0996. The smallest absolute Gasteiger partial charge is 0.323 e. The Hall–Kier alpha value is -1.99. The molecule has 0 fully saturated rings. The van der Waals surface area contributed by atoms with E-state index in [1.54, 1.807) is 12.1 Å². The first-order valence-electron chi connectivity index (χ1n) is 5.51. The zero-order chi connectivity index (χ0) is 14.3. The van der Waals surface area contributed by atoms with Gasteiger partial charge in [-0.3, -0.25) is 4.79 Å². The van der Waals surface area contributed by atoms with Crippen molar-refractivity contribution >= 4 is 50.2 Å². The Morgan fingerprint density at radius 2 is 1.95 bits per heavy atom. The van der Waals surface area contributed by atoms with Gasteiger partial charge in [-0.05, 0) is 51.8 Å². The van der Waals surface area contributed by atoms with E-state index in [4.69, 9.17) is 16.0 Å². The topological polar surface area (TPSA) is 90.9 Å². The van der Waals surface area contributed by atoms with Crippen LogP contribution in [0.3, 0.4) is 0 Å². The second kappa shape index (κ2) is 4.84. The number of hydrogen-bond acceptors (Lipinski definition) is 3. The van der Waals surface area contributed by atoms with Crippen molar-refractivity contribution in [3.8, 4) is 0 Å². The summed E-state index contributed by atoms with van der Waals surface area (Å²) >= 11 is 8.95. The zero-order valence-electron chi connectivity index (χ0n) is 9.79. The third kappa shape index (κ3) is 2.37. The molecule has 8 heteroatoms. The fraction of sp³-hybridized carbons (Fsp3) is 0. The molecule has 0 saturated heterocycles. The minimum Gasteiger partial charge on any atom is -0.440 e. The number of rotatable bonds is 2. The van der Waals surface area contributed by atoms with Gasteiger partial charge in [0.1, 0.15) is 0 Å². The minimum absolute atomic E-state index is 0.101. The molecule has 3 rings (SSSR count). The molecule has 0 aliphatic rings. The van der Waals surface area contributed by atoms with Crippen LogP contribution in [0.15, 0.2) is 37.9 Å². The Bertz CT molecular complexity index is 864. The highest BCUT2D eigenvalue weighted by Crippen LogP contribution is 2.27. The SMILES string of the molecule is O=C(Nc1cc2[nH]c(=O)[nH]c2cc1Br)c1ccc(Cl)o1. The summed E-state index contributed by atoms with van der Waals surface area (Å²) < 4.78 is 5.65. The third-order valence-electron chi connectivity index (χ3n) is 2.65. The van der Waals surface area contributed by atoms with Crippen LogP contribution in [0.4, 0.5) is 5.69 Å². The van der Waals surface area contributed by atoms with Crippen LogP contribution in [0.2, 0.25) is 5.22 Å². The van der Waals surface area contributed by atoms with E-state index >= 15 is 0 Å². The van der Waals surface area contributed by atoms with Gasteiger partial charge in [0, 0.05) is 4.47 Å². The van der Waals surface area contributed by atoms with Crippen LogP contribution in [0.25, 0.3) is 11.0 Å². The summed E-state index contributed by atoms with van der Waals surface area (Å²) in [4.78, 5) is 28.4. The first-order chi connectivity index (χ1) is 9.52. The van der Waals surface area contributed by atoms with Gasteiger partial charge in [-0.2, -0.15) is 0 Å². The van der Waals surface area contributed by atoms with E-state index < -0.39 is 5.91 Å². The standard InChI is InChI=1S/C12H7BrClN3O3/c13-5-3-7-8(17-12(19)16-7)4-6(5)15-11(18)9-1-2-10(14)20-9/h1-4H,(H,15,18)(H2,16,17,19). The second-order valence-corrected chi connectivity index (χ2v) is 5.24. The predicted octanol–water partition coefficient (Wildman–Crippen LogP) is 3.12. The van der Waals surface area contributed by atoms with Gasteiger partial charge in [0.25, 0.3) is 5.91 Å². The number of aromatic nitrogens is 2. The van der Waals surface area contributed by atoms with Gasteiger partial charge >= 0.3 is 5.69 Å². The number of benzene rings is 1. The van der Waals surface area contributed by atoms with E-state index in [1.165, 1.54) is 12.1 Å². The Morgan fingerprint density at radius 1 is 1.25 bits per heavy atom. The van der Waals surface area contributed by atoms with Crippen LogP contribution < -0.4 is 11.0 Å². The van der Waals surface area contributed by atoms with E-state index in [0.717, 1.165) is 0 Å². The number of nitrogens with one attached hydrogen (secondary N) is 3. The summed E-state index contributed by atoms with van der Waals surface area (Å²) in [7, 11) is 0. The van der Waals surface area contributed by atoms with E-state index in [-0.39, 0.29) is 16.7 Å². The normalized spacial score (nSPS) is 10.9. The van der Waals surface area contributed by atoms with Gasteiger partial charge in [-0.1, -0.05) is 0 Å². The Kier molecular flexibility index (Phi) is 3.15. The van der Waals surface area contributed by atoms with Crippen molar-refractivity contribution < 1.29 is 9.21 Å². The van der Waals surface area contributed by atoms with Crippen LogP contribution >= 0.6 is 27.5 Å². The van der Waals surface area contributed by atoms with Crippen molar-refractivity contribution in [1.29, 1.82) is 0 Å². The minimum atomic E-state index is -0.435. The number of fused-ring (bicyclic) bond motifs is 1. The molecule has 3 aromatic rings. The summed E-state index contributed by atoms with van der Waals surface area (Å²) in [5.41, 5.74) is 1.42. The highest BCUT2D eigenvalue weighted by atomic mass is 79.9. The van der Waals surface area contributed by atoms with Crippen LogP contribution in [0.5, 0.6) is 0 Å². The fourth-order valence-corrected chi connectivity index (χ4v) is 2.36. The van der Waals surface area contributed by atoms with Gasteiger partial charge in [-0.15, -0.1) is 0 Å². The number of anilines is 1. The summed E-state index contributed by atoms with van der Waals surface area (Å²) in [6.45, 7) is 0. The lowest BCUT2D eigenvalue weighted by Gasteiger charge is -2.06. The average molecular weight is 357 g/mol. The van der Waals surface area contributed by atoms with Gasteiger partial charge in [0.15, 0.2) is 11.0 Å². The number of carbonyl (C=O) groups excluding carboxylic acids is 1. The van der Waals surface area contributed by atoms with Crippen molar-refractivity contribution in [3.05, 3.63) is 50.2 Å². The molecule has 3 N–H and O–H groups in total. The maximum Gasteiger partial charge on any atom is 0.323 e. The molecule has 6 nitrogen and oxygen atoms in total. The van der Waals surface area contributed by atoms with E-state index in [1.807, 2.05) is 0 Å². The maximum absolute atomic E-state index is 12.0. The van der Waals surface area contributed by atoms with Crippen molar-refractivity contribution in [2.75, 3.05) is 5.32 Å². The van der Waals surface area contributed by atoms with Crippen molar-refractivity contribution in [1.82, 2.24) is 9.97 Å². The Labute approximate surface area is 125 Å². The number of halogens is 2. The van der Waals surface area contributed by atoms with Gasteiger partial charge in [-0.25, -0.2) is 4.79 Å². The molecule has 0 saturated carbocycles. The van der Waals surface area contributed by atoms with Crippen LogP contribution in [-0.2, 0) is 0 Å². The number of aromatic amines is 2. The highest BCUT2D eigenvalue weighted by molar-refractivity contribution is 9.10. The zero-order valence-corrected chi connectivity index (χ0v) is 12.1. The van der Waals surface area contributed by atoms with Crippen LogP contribution in [0, 0.1) is 0 Å². The number of imidazole rings is 1. The molecule has 1 amide bonds. The van der Waals surface area contributed by atoms with E-state index in [2.05, 4.69) is 31.2 Å². The number of amides is 1. The van der Waals surface area contributed by atoms with Crippen LogP contribution in [0.1, 0.15) is 10.6 Å². The van der Waals surface area contributed by atoms with Crippen molar-refractivity contribution in [2.45, 2.75) is 0 Å². The Morgan fingerprint density at radius 3 is 2.60 bits per heavy atom. The molecule has 0 radical (unpaired) electrons. The first-order valence-corrected chi connectivity index (χ1v) is 6.68. The first kappa shape index (κ1) is 13.0. The highest BCUT2D eigenvalue weighted by Gasteiger charge is 2.13. The summed E-state index contributed by atoms with van der Waals surface area (Å²) in [6, 6.07) is 6.29. The molecule has 0 spiro atoms. The fourth-order valence-electron chi connectivity index (χ4n) is 1.77. The van der Waals surface area contributed by atoms with Gasteiger partial charge in [0.05, 0.1) is 16.7 Å². The summed E-state index contributed by atoms with van der Waals surface area (Å²) in [5, 5.41) is 2.81. The molecule has 0 bridgehead atoms. The molecule has 102 valence electrons. The number of furan rings is 1. The maximum atomic E-state index is 12.0. The quantitative estimate of drug-likeness (QED) is 0.659. The molecule has 0 aliphatic heterocycles. The van der Waals surface area contributed by atoms with Crippen molar-refractivity contribution in [3.63, 3.8) is 0 Å². The second-order valence-electron chi connectivity index (χ2n) is 4.01. The predicted molar refractivity (Wildman–Crippen MR) is 78.3 cm³/mol. The van der Waals surface area contributed by atoms with Gasteiger partial charge in [0.2, 0.25) is 0 Å². The molecule has 0 unspecified atom stereocenters. The molecular formula is C12H7BrClN3O3. The summed E-state index contributed by atoms with van der Waals surface area (Å²) in [5.74, 6) is -0.334. The van der Waals surface area contributed by atoms with Crippen LogP contribution in [-0.4, -0.2) is 15.9 Å².